The van der Waals surface area contributed by atoms with E-state index in [0.717, 1.165) is 21.3 Å². The van der Waals surface area contributed by atoms with Crippen LogP contribution in [-0.4, -0.2) is 15.7 Å². The molecule has 1 N–H and O–H groups in total. The lowest BCUT2D eigenvalue weighted by molar-refractivity contribution is 0.0934. The maximum absolute atomic E-state index is 13.0. The SMILES string of the molecule is C[C@@H](NC(=O)c1cc(-c2ccc(Cl)cc2)n(-c2ccccc2Cl)n1)c1ccc(Br)cc1. The minimum atomic E-state index is -0.267. The lowest BCUT2D eigenvalue weighted by atomic mass is 10.1. The summed E-state index contributed by atoms with van der Waals surface area (Å²) in [6.45, 7) is 1.94. The van der Waals surface area contributed by atoms with Gasteiger partial charge in [0, 0.05) is 15.1 Å². The van der Waals surface area contributed by atoms with Crippen LogP contribution in [0.15, 0.2) is 83.3 Å². The van der Waals surface area contributed by atoms with Gasteiger partial charge >= 0.3 is 0 Å². The van der Waals surface area contributed by atoms with Gasteiger partial charge in [0.25, 0.3) is 5.91 Å². The number of halogens is 3. The number of carbonyl (C=O) groups is 1. The number of carbonyl (C=O) groups excluding carboxylic acids is 1. The minimum absolute atomic E-state index is 0.176. The van der Waals surface area contributed by atoms with Crippen LogP contribution in [0.3, 0.4) is 0 Å². The Balaban J connectivity index is 1.70. The predicted molar refractivity (Wildman–Crippen MR) is 129 cm³/mol. The summed E-state index contributed by atoms with van der Waals surface area (Å²) >= 11 is 15.9. The summed E-state index contributed by atoms with van der Waals surface area (Å²) < 4.78 is 2.67. The van der Waals surface area contributed by atoms with Crippen LogP contribution < -0.4 is 5.32 Å². The van der Waals surface area contributed by atoms with Crippen LogP contribution in [0.2, 0.25) is 10.0 Å². The predicted octanol–water partition coefficient (Wildman–Crippen LogP) is 7.10. The van der Waals surface area contributed by atoms with Crippen molar-refractivity contribution < 1.29 is 4.79 Å². The van der Waals surface area contributed by atoms with Gasteiger partial charge in [0.1, 0.15) is 0 Å². The van der Waals surface area contributed by atoms with Crippen molar-refractivity contribution >= 4 is 45.0 Å². The topological polar surface area (TPSA) is 46.9 Å². The molecule has 1 atom stereocenters. The standard InChI is InChI=1S/C24H18BrCl2N3O/c1-15(16-6-10-18(25)11-7-16)28-24(31)21-14-23(17-8-12-19(26)13-9-17)30(29-21)22-5-3-2-4-20(22)27/h2-15H,1H3,(H,28,31)/t15-/m1/s1. The van der Waals surface area contributed by atoms with E-state index in [1.807, 2.05) is 61.5 Å². The van der Waals surface area contributed by atoms with E-state index >= 15 is 0 Å². The molecule has 156 valence electrons. The summed E-state index contributed by atoms with van der Waals surface area (Å²) in [5, 5.41) is 8.77. The summed E-state index contributed by atoms with van der Waals surface area (Å²) in [4.78, 5) is 13.0. The number of hydrogen-bond donors (Lipinski definition) is 1. The molecule has 0 spiro atoms. The molecule has 0 radical (unpaired) electrons. The third kappa shape index (κ3) is 4.85. The van der Waals surface area contributed by atoms with E-state index in [-0.39, 0.29) is 11.9 Å². The smallest absolute Gasteiger partial charge is 0.272 e. The van der Waals surface area contributed by atoms with Crippen molar-refractivity contribution in [1.82, 2.24) is 15.1 Å². The summed E-state index contributed by atoms with van der Waals surface area (Å²) in [5.41, 5.74) is 3.60. The molecule has 3 aromatic carbocycles. The number of nitrogens with zero attached hydrogens (tertiary/aromatic N) is 2. The highest BCUT2D eigenvalue weighted by atomic mass is 79.9. The Morgan fingerprint density at radius 2 is 1.68 bits per heavy atom. The van der Waals surface area contributed by atoms with Gasteiger partial charge in [0.2, 0.25) is 0 Å². The summed E-state index contributed by atoms with van der Waals surface area (Å²) in [7, 11) is 0. The maximum Gasteiger partial charge on any atom is 0.272 e. The van der Waals surface area contributed by atoms with Crippen LogP contribution >= 0.6 is 39.1 Å². The molecule has 1 heterocycles. The quantitative estimate of drug-likeness (QED) is 0.308. The molecule has 31 heavy (non-hydrogen) atoms. The molecule has 0 fully saturated rings. The van der Waals surface area contributed by atoms with Crippen LogP contribution in [0, 0.1) is 0 Å². The van der Waals surface area contributed by atoms with Gasteiger partial charge in [0.05, 0.1) is 22.4 Å². The van der Waals surface area contributed by atoms with Gasteiger partial charge in [-0.15, -0.1) is 0 Å². The van der Waals surface area contributed by atoms with Gasteiger partial charge in [-0.25, -0.2) is 4.68 Å². The number of nitrogens with one attached hydrogen (secondary N) is 1. The molecule has 0 aliphatic rings. The maximum atomic E-state index is 13.0. The van der Waals surface area contributed by atoms with Crippen LogP contribution in [0.4, 0.5) is 0 Å². The van der Waals surface area contributed by atoms with Crippen LogP contribution in [0.1, 0.15) is 29.0 Å². The number of rotatable bonds is 5. The van der Waals surface area contributed by atoms with Crippen molar-refractivity contribution in [2.45, 2.75) is 13.0 Å². The van der Waals surface area contributed by atoms with Crippen molar-refractivity contribution in [3.63, 3.8) is 0 Å². The molecule has 0 unspecified atom stereocenters. The van der Waals surface area contributed by atoms with Gasteiger partial charge in [-0.1, -0.05) is 75.5 Å². The van der Waals surface area contributed by atoms with E-state index < -0.39 is 0 Å². The normalized spacial score (nSPS) is 11.9. The second-order valence-corrected chi connectivity index (χ2v) is 8.79. The third-order valence-corrected chi connectivity index (χ3v) is 5.98. The molecular weight excluding hydrogens is 497 g/mol. The fourth-order valence-corrected chi connectivity index (χ4v) is 3.84. The van der Waals surface area contributed by atoms with Gasteiger partial charge in [-0.2, -0.15) is 5.10 Å². The monoisotopic (exact) mass is 513 g/mol. The Morgan fingerprint density at radius 3 is 2.35 bits per heavy atom. The van der Waals surface area contributed by atoms with E-state index in [1.165, 1.54) is 0 Å². The van der Waals surface area contributed by atoms with Crippen molar-refractivity contribution in [2.24, 2.45) is 0 Å². The molecule has 1 aromatic heterocycles. The first-order valence-corrected chi connectivity index (χ1v) is 11.1. The summed E-state index contributed by atoms with van der Waals surface area (Å²) in [6, 6.07) is 24.2. The van der Waals surface area contributed by atoms with Crippen molar-refractivity contribution in [3.8, 4) is 16.9 Å². The molecule has 0 saturated carbocycles. The van der Waals surface area contributed by atoms with Gasteiger partial charge in [-0.3, -0.25) is 4.79 Å². The van der Waals surface area contributed by atoms with Crippen LogP contribution in [-0.2, 0) is 0 Å². The fraction of sp³-hybridized carbons (Fsp3) is 0.0833. The highest BCUT2D eigenvalue weighted by Crippen LogP contribution is 2.29. The van der Waals surface area contributed by atoms with E-state index in [1.54, 1.807) is 28.9 Å². The lowest BCUT2D eigenvalue weighted by Gasteiger charge is -2.13. The Hall–Kier alpha value is -2.60. The number of benzene rings is 3. The minimum Gasteiger partial charge on any atom is -0.344 e. The van der Waals surface area contributed by atoms with Crippen molar-refractivity contribution in [2.75, 3.05) is 0 Å². The molecule has 0 bridgehead atoms. The number of para-hydroxylation sites is 1. The van der Waals surface area contributed by atoms with E-state index in [4.69, 9.17) is 23.2 Å². The van der Waals surface area contributed by atoms with Crippen molar-refractivity contribution in [1.29, 1.82) is 0 Å². The van der Waals surface area contributed by atoms with Gasteiger partial charge < -0.3 is 5.32 Å². The molecule has 4 aromatic rings. The molecule has 4 nitrogen and oxygen atoms in total. The average Bonchev–Trinajstić information content (AvgIpc) is 3.20. The first kappa shape index (κ1) is 21.6. The Labute approximate surface area is 198 Å². The van der Waals surface area contributed by atoms with Gasteiger partial charge in [-0.05, 0) is 55.0 Å². The number of amides is 1. The summed E-state index contributed by atoms with van der Waals surface area (Å²) in [5.74, 6) is -0.267. The lowest BCUT2D eigenvalue weighted by Crippen LogP contribution is -2.27. The zero-order chi connectivity index (χ0) is 22.0. The zero-order valence-electron chi connectivity index (χ0n) is 16.5. The van der Waals surface area contributed by atoms with Crippen LogP contribution in [0.25, 0.3) is 16.9 Å². The molecular formula is C24H18BrCl2N3O. The second kappa shape index (κ2) is 9.27. The van der Waals surface area contributed by atoms with Crippen LogP contribution in [0.5, 0.6) is 0 Å². The third-order valence-electron chi connectivity index (χ3n) is 4.88. The molecule has 7 heteroatoms. The van der Waals surface area contributed by atoms with E-state index in [0.29, 0.717) is 21.4 Å². The molecule has 0 aliphatic carbocycles. The van der Waals surface area contributed by atoms with E-state index in [2.05, 4.69) is 26.3 Å². The Bertz CT molecular complexity index is 1220. The summed E-state index contributed by atoms with van der Waals surface area (Å²) in [6.07, 6.45) is 0. The molecule has 1 amide bonds. The highest BCUT2D eigenvalue weighted by Gasteiger charge is 2.19. The largest absolute Gasteiger partial charge is 0.344 e. The van der Waals surface area contributed by atoms with E-state index in [9.17, 15) is 4.79 Å². The zero-order valence-corrected chi connectivity index (χ0v) is 19.6. The molecule has 0 aliphatic heterocycles. The fourth-order valence-electron chi connectivity index (χ4n) is 3.23. The number of aromatic nitrogens is 2. The van der Waals surface area contributed by atoms with Crippen molar-refractivity contribution in [3.05, 3.63) is 105 Å². The molecule has 0 saturated heterocycles. The first-order valence-electron chi connectivity index (χ1n) is 9.59. The average molecular weight is 515 g/mol. The number of hydrogen-bond acceptors (Lipinski definition) is 2. The Kier molecular flexibility index (Phi) is 6.46. The second-order valence-electron chi connectivity index (χ2n) is 7.03. The highest BCUT2D eigenvalue weighted by molar-refractivity contribution is 9.10. The molecule has 4 rings (SSSR count). The van der Waals surface area contributed by atoms with Gasteiger partial charge in [0.15, 0.2) is 5.69 Å². The first-order chi connectivity index (χ1) is 14.9. The Morgan fingerprint density at radius 1 is 1.00 bits per heavy atom.